The Bertz CT molecular complexity index is 694. The molecule has 1 N–H and O–H groups in total. The van der Waals surface area contributed by atoms with E-state index in [-0.39, 0.29) is 23.7 Å². The fourth-order valence-electron chi connectivity index (χ4n) is 5.53. The number of amides is 1. The number of carbonyl (C=O) groups excluding carboxylic acids is 1. The molecule has 3 aliphatic heterocycles. The van der Waals surface area contributed by atoms with Crippen LogP contribution >= 0.6 is 0 Å². The van der Waals surface area contributed by atoms with Gasteiger partial charge in [0, 0.05) is 52.0 Å². The largest absolute Gasteiger partial charge is 0.376 e. The van der Waals surface area contributed by atoms with Crippen molar-refractivity contribution in [1.29, 1.82) is 0 Å². The summed E-state index contributed by atoms with van der Waals surface area (Å²) < 4.78 is 11.0. The lowest BCUT2D eigenvalue weighted by Crippen LogP contribution is -2.59. The van der Waals surface area contributed by atoms with Crippen LogP contribution in [0.1, 0.15) is 50.9 Å². The maximum Gasteiger partial charge on any atom is 0.249 e. The molecule has 0 bridgehead atoms. The van der Waals surface area contributed by atoms with Crippen molar-refractivity contribution in [3.8, 4) is 0 Å². The van der Waals surface area contributed by atoms with Gasteiger partial charge in [-0.15, -0.1) is 0 Å². The number of H-pyrrole nitrogens is 1. The number of rotatable bonds is 4. The highest BCUT2D eigenvalue weighted by Crippen LogP contribution is 2.42. The second-order valence-corrected chi connectivity index (χ2v) is 9.26. The number of methoxy groups -OCH3 is 1. The third kappa shape index (κ3) is 3.72. The van der Waals surface area contributed by atoms with Crippen LogP contribution in [0.3, 0.4) is 0 Å². The summed E-state index contributed by atoms with van der Waals surface area (Å²) in [5.74, 6) is 0.770. The smallest absolute Gasteiger partial charge is 0.249 e. The average Bonchev–Trinajstić information content (AvgIpc) is 3.13. The summed E-state index contributed by atoms with van der Waals surface area (Å²) in [4.78, 5) is 25.4. The summed E-state index contributed by atoms with van der Waals surface area (Å²) in [6.07, 6.45) is 6.77. The lowest BCUT2D eigenvalue weighted by atomic mass is 9.78. The zero-order valence-corrected chi connectivity index (χ0v) is 17.5. The number of carbonyl (C=O) groups is 1. The first-order valence-electron chi connectivity index (χ1n) is 10.6. The molecule has 156 valence electrons. The van der Waals surface area contributed by atoms with E-state index < -0.39 is 0 Å². The Morgan fingerprint density at radius 3 is 2.86 bits per heavy atom. The molecule has 1 atom stereocenters. The van der Waals surface area contributed by atoms with Crippen molar-refractivity contribution in [2.75, 3.05) is 46.5 Å². The van der Waals surface area contributed by atoms with Gasteiger partial charge in [-0.05, 0) is 45.4 Å². The predicted octanol–water partition coefficient (Wildman–Crippen LogP) is 1.94. The molecule has 2 fully saturated rings. The Hall–Kier alpha value is -1.44. The van der Waals surface area contributed by atoms with Crippen LogP contribution in [-0.2, 0) is 26.2 Å². The van der Waals surface area contributed by atoms with Gasteiger partial charge in [0.2, 0.25) is 5.91 Å². The minimum atomic E-state index is -0.283. The van der Waals surface area contributed by atoms with Crippen LogP contribution in [0.15, 0.2) is 6.33 Å². The summed E-state index contributed by atoms with van der Waals surface area (Å²) in [5, 5.41) is 0. The minimum Gasteiger partial charge on any atom is -0.376 e. The van der Waals surface area contributed by atoms with Crippen molar-refractivity contribution in [2.45, 2.75) is 57.1 Å². The van der Waals surface area contributed by atoms with Crippen LogP contribution in [-0.4, -0.2) is 77.8 Å². The Balaban J connectivity index is 1.47. The van der Waals surface area contributed by atoms with Gasteiger partial charge >= 0.3 is 0 Å². The van der Waals surface area contributed by atoms with Crippen LogP contribution in [0.25, 0.3) is 0 Å². The van der Waals surface area contributed by atoms with Crippen molar-refractivity contribution in [1.82, 2.24) is 19.8 Å². The highest BCUT2D eigenvalue weighted by atomic mass is 16.5. The predicted molar refractivity (Wildman–Crippen MR) is 106 cm³/mol. The molecular formula is C21H34N4O3. The monoisotopic (exact) mass is 390 g/mol. The molecule has 28 heavy (non-hydrogen) atoms. The third-order valence-electron chi connectivity index (χ3n) is 6.83. The van der Waals surface area contributed by atoms with Crippen LogP contribution in [0, 0.1) is 5.92 Å². The highest BCUT2D eigenvalue weighted by molar-refractivity contribution is 5.79. The number of nitrogens with one attached hydrogen (secondary N) is 1. The van der Waals surface area contributed by atoms with Crippen molar-refractivity contribution in [3.63, 3.8) is 0 Å². The lowest BCUT2D eigenvalue weighted by molar-refractivity contribution is -0.146. The molecule has 3 aliphatic rings. The van der Waals surface area contributed by atoms with E-state index in [0.717, 1.165) is 70.6 Å². The van der Waals surface area contributed by atoms with Crippen molar-refractivity contribution < 1.29 is 14.3 Å². The fraction of sp³-hybridized carbons (Fsp3) is 0.810. The van der Waals surface area contributed by atoms with Gasteiger partial charge in [-0.1, -0.05) is 0 Å². The maximum atomic E-state index is 12.8. The summed E-state index contributed by atoms with van der Waals surface area (Å²) >= 11 is 0. The third-order valence-corrected chi connectivity index (χ3v) is 6.83. The highest BCUT2D eigenvalue weighted by Gasteiger charge is 2.48. The van der Waals surface area contributed by atoms with Gasteiger partial charge in [-0.3, -0.25) is 4.79 Å². The Labute approximate surface area is 167 Å². The van der Waals surface area contributed by atoms with E-state index in [0.29, 0.717) is 5.92 Å². The molecule has 7 heteroatoms. The molecule has 1 aromatic rings. The van der Waals surface area contributed by atoms with Gasteiger partial charge in [0.05, 0.1) is 23.2 Å². The number of likely N-dealkylation sites (tertiary alicyclic amines) is 1. The molecule has 1 aromatic heterocycles. The SMILES string of the molecule is COCC(=O)N1CCc2[nH]cnc2C12CCN(C[C@H]1CCOC(C)(C)C1)CC2. The second-order valence-electron chi connectivity index (χ2n) is 9.26. The van der Waals surface area contributed by atoms with Crippen LogP contribution in [0.2, 0.25) is 0 Å². The van der Waals surface area contributed by atoms with Crippen LogP contribution in [0.4, 0.5) is 0 Å². The summed E-state index contributed by atoms with van der Waals surface area (Å²) in [5.41, 5.74) is 1.99. The van der Waals surface area contributed by atoms with Crippen molar-refractivity contribution in [3.05, 3.63) is 17.7 Å². The quantitative estimate of drug-likeness (QED) is 0.851. The van der Waals surface area contributed by atoms with Crippen molar-refractivity contribution >= 4 is 5.91 Å². The first-order chi connectivity index (χ1) is 13.4. The Morgan fingerprint density at radius 2 is 2.14 bits per heavy atom. The topological polar surface area (TPSA) is 70.7 Å². The number of aromatic amines is 1. The first kappa shape index (κ1) is 19.9. The van der Waals surface area contributed by atoms with Gasteiger partial charge in [0.15, 0.2) is 0 Å². The molecule has 0 saturated carbocycles. The molecule has 1 amide bonds. The number of piperidine rings is 1. The molecule has 0 radical (unpaired) electrons. The lowest BCUT2D eigenvalue weighted by Gasteiger charge is -2.51. The van der Waals surface area contributed by atoms with E-state index in [4.69, 9.17) is 9.47 Å². The summed E-state index contributed by atoms with van der Waals surface area (Å²) in [6, 6.07) is 0. The first-order valence-corrected chi connectivity index (χ1v) is 10.6. The maximum absolute atomic E-state index is 12.8. The molecule has 4 heterocycles. The number of hydrogen-bond acceptors (Lipinski definition) is 5. The molecule has 4 rings (SSSR count). The normalized spacial score (nSPS) is 27.0. The van der Waals surface area contributed by atoms with E-state index in [2.05, 4.69) is 33.6 Å². The fourth-order valence-corrected chi connectivity index (χ4v) is 5.53. The average molecular weight is 391 g/mol. The van der Waals surface area contributed by atoms with Crippen molar-refractivity contribution in [2.24, 2.45) is 5.92 Å². The number of nitrogens with zero attached hydrogens (tertiary/aromatic N) is 3. The van der Waals surface area contributed by atoms with Crippen LogP contribution in [0.5, 0.6) is 0 Å². The minimum absolute atomic E-state index is 0.00336. The number of imidazole rings is 1. The Morgan fingerprint density at radius 1 is 1.36 bits per heavy atom. The molecule has 0 aromatic carbocycles. The molecule has 7 nitrogen and oxygen atoms in total. The van der Waals surface area contributed by atoms with E-state index in [9.17, 15) is 4.79 Å². The molecule has 0 aliphatic carbocycles. The van der Waals surface area contributed by atoms with E-state index in [1.807, 2.05) is 0 Å². The number of aromatic nitrogens is 2. The molecular weight excluding hydrogens is 356 g/mol. The van der Waals surface area contributed by atoms with Gasteiger partial charge in [-0.2, -0.15) is 0 Å². The molecule has 0 unspecified atom stereocenters. The van der Waals surface area contributed by atoms with E-state index >= 15 is 0 Å². The Kier molecular flexibility index (Phi) is 5.51. The standard InChI is InChI=1S/C21H34N4O3/c1-20(2)12-16(5-11-28-20)13-24-9-6-21(7-10-24)19-17(22-15-23-19)4-8-25(21)18(26)14-27-3/h15-16H,4-14H2,1-3H3,(H,22,23)/t16-/m0/s1. The zero-order chi connectivity index (χ0) is 19.8. The van der Waals surface area contributed by atoms with E-state index in [1.54, 1.807) is 13.4 Å². The van der Waals surface area contributed by atoms with Gasteiger partial charge in [0.25, 0.3) is 0 Å². The van der Waals surface area contributed by atoms with Gasteiger partial charge in [-0.25, -0.2) is 4.98 Å². The summed E-state index contributed by atoms with van der Waals surface area (Å²) in [7, 11) is 1.59. The van der Waals surface area contributed by atoms with Gasteiger partial charge < -0.3 is 24.3 Å². The molecule has 2 saturated heterocycles. The zero-order valence-electron chi connectivity index (χ0n) is 17.5. The number of hydrogen-bond donors (Lipinski definition) is 1. The van der Waals surface area contributed by atoms with E-state index in [1.165, 1.54) is 5.69 Å². The second kappa shape index (κ2) is 7.76. The van der Waals surface area contributed by atoms with Crippen LogP contribution < -0.4 is 0 Å². The molecule has 1 spiro atoms. The number of fused-ring (bicyclic) bond motifs is 2. The van der Waals surface area contributed by atoms with Gasteiger partial charge in [0.1, 0.15) is 6.61 Å². The summed E-state index contributed by atoms with van der Waals surface area (Å²) in [6.45, 7) is 9.28. The number of ether oxygens (including phenoxy) is 2.